The highest BCUT2D eigenvalue weighted by Gasteiger charge is 2.16. The van der Waals surface area contributed by atoms with Crippen LogP contribution in [-0.2, 0) is 4.74 Å². The zero-order valence-electron chi connectivity index (χ0n) is 17.8. The molecule has 0 saturated heterocycles. The molecule has 0 radical (unpaired) electrons. The van der Waals surface area contributed by atoms with E-state index in [2.05, 4.69) is 15.3 Å². The SMILES string of the molecule is CCOC(=O)c1cnc(C)nc1Nc1ccc(-c2cc(=O)c3cc(OC)ccc3o2)cc1. The van der Waals surface area contributed by atoms with Gasteiger partial charge in [0.15, 0.2) is 5.43 Å². The van der Waals surface area contributed by atoms with E-state index >= 15 is 0 Å². The van der Waals surface area contributed by atoms with Gasteiger partial charge < -0.3 is 19.2 Å². The van der Waals surface area contributed by atoms with Crippen LogP contribution in [0.15, 0.2) is 63.9 Å². The molecule has 2 heterocycles. The molecule has 32 heavy (non-hydrogen) atoms. The summed E-state index contributed by atoms with van der Waals surface area (Å²) >= 11 is 0. The number of ether oxygens (including phenoxy) is 2. The van der Waals surface area contributed by atoms with Crippen LogP contribution in [0.1, 0.15) is 23.1 Å². The molecule has 0 aliphatic carbocycles. The largest absolute Gasteiger partial charge is 0.497 e. The second-order valence-electron chi connectivity index (χ2n) is 6.94. The number of fused-ring (bicyclic) bond motifs is 1. The molecule has 0 unspecified atom stereocenters. The van der Waals surface area contributed by atoms with Crippen molar-refractivity contribution >= 4 is 28.4 Å². The number of anilines is 2. The van der Waals surface area contributed by atoms with Crippen molar-refractivity contribution in [3.05, 3.63) is 76.3 Å². The fourth-order valence-electron chi connectivity index (χ4n) is 3.18. The maximum Gasteiger partial charge on any atom is 0.343 e. The van der Waals surface area contributed by atoms with E-state index in [0.717, 1.165) is 5.56 Å². The highest BCUT2D eigenvalue weighted by molar-refractivity contribution is 5.95. The van der Waals surface area contributed by atoms with Gasteiger partial charge in [-0.1, -0.05) is 0 Å². The molecule has 1 N–H and O–H groups in total. The van der Waals surface area contributed by atoms with Gasteiger partial charge in [0, 0.05) is 23.5 Å². The summed E-state index contributed by atoms with van der Waals surface area (Å²) in [7, 11) is 1.55. The Kier molecular flexibility index (Phi) is 5.85. The Hall–Kier alpha value is -4.20. The van der Waals surface area contributed by atoms with Gasteiger partial charge >= 0.3 is 5.97 Å². The summed E-state index contributed by atoms with van der Waals surface area (Å²) in [4.78, 5) is 33.1. The second-order valence-corrected chi connectivity index (χ2v) is 6.94. The molecular weight excluding hydrogens is 410 g/mol. The highest BCUT2D eigenvalue weighted by Crippen LogP contribution is 2.27. The van der Waals surface area contributed by atoms with E-state index in [1.165, 1.54) is 12.3 Å². The third kappa shape index (κ3) is 4.29. The minimum atomic E-state index is -0.499. The maximum atomic E-state index is 12.5. The first-order valence-corrected chi connectivity index (χ1v) is 9.98. The lowest BCUT2D eigenvalue weighted by molar-refractivity contribution is 0.0526. The number of nitrogens with zero attached hydrogens (tertiary/aromatic N) is 2. The summed E-state index contributed by atoms with van der Waals surface area (Å²) < 4.78 is 16.2. The zero-order chi connectivity index (χ0) is 22.7. The molecule has 8 heteroatoms. The summed E-state index contributed by atoms with van der Waals surface area (Å²) in [5.41, 5.74) is 2.00. The molecule has 0 bridgehead atoms. The standard InChI is InChI=1S/C24H21N3O5/c1-4-31-24(29)19-13-25-14(2)26-23(19)27-16-7-5-15(6-8-16)22-12-20(28)18-11-17(30-3)9-10-21(18)32-22/h5-13H,4H2,1-3H3,(H,25,26,27). The normalized spacial score (nSPS) is 10.7. The molecule has 162 valence electrons. The lowest BCUT2D eigenvalue weighted by Crippen LogP contribution is -2.11. The Labute approximate surface area is 183 Å². The first-order chi connectivity index (χ1) is 15.5. The highest BCUT2D eigenvalue weighted by atomic mass is 16.5. The van der Waals surface area contributed by atoms with E-state index < -0.39 is 5.97 Å². The Morgan fingerprint density at radius 3 is 2.62 bits per heavy atom. The third-order valence-corrected chi connectivity index (χ3v) is 4.77. The average molecular weight is 431 g/mol. The molecule has 0 aliphatic heterocycles. The van der Waals surface area contributed by atoms with Crippen molar-refractivity contribution in [2.24, 2.45) is 0 Å². The van der Waals surface area contributed by atoms with E-state index in [-0.39, 0.29) is 17.6 Å². The third-order valence-electron chi connectivity index (χ3n) is 4.77. The van der Waals surface area contributed by atoms with Gasteiger partial charge in [0.25, 0.3) is 0 Å². The van der Waals surface area contributed by atoms with E-state index in [1.54, 1.807) is 51.3 Å². The van der Waals surface area contributed by atoms with E-state index in [1.807, 2.05) is 12.1 Å². The van der Waals surface area contributed by atoms with Crippen LogP contribution in [0.5, 0.6) is 5.75 Å². The minimum absolute atomic E-state index is 0.155. The number of carbonyl (C=O) groups excluding carboxylic acids is 1. The van der Waals surface area contributed by atoms with Gasteiger partial charge in [0.05, 0.1) is 19.1 Å². The van der Waals surface area contributed by atoms with Gasteiger partial charge in [-0.25, -0.2) is 14.8 Å². The summed E-state index contributed by atoms with van der Waals surface area (Å²) in [5.74, 6) is 1.42. The van der Waals surface area contributed by atoms with Crippen LogP contribution in [0.25, 0.3) is 22.3 Å². The fourth-order valence-corrected chi connectivity index (χ4v) is 3.18. The molecule has 8 nitrogen and oxygen atoms in total. The Morgan fingerprint density at radius 1 is 1.12 bits per heavy atom. The molecule has 2 aromatic carbocycles. The van der Waals surface area contributed by atoms with Gasteiger partial charge in [-0.3, -0.25) is 4.79 Å². The van der Waals surface area contributed by atoms with Gasteiger partial charge in [0.2, 0.25) is 0 Å². The number of esters is 1. The van der Waals surface area contributed by atoms with Crippen LogP contribution >= 0.6 is 0 Å². The number of benzene rings is 2. The monoisotopic (exact) mass is 431 g/mol. The summed E-state index contributed by atoms with van der Waals surface area (Å²) in [6.07, 6.45) is 1.44. The number of carbonyl (C=O) groups is 1. The fraction of sp³-hybridized carbons (Fsp3) is 0.167. The first kappa shape index (κ1) is 21.0. The average Bonchev–Trinajstić information content (AvgIpc) is 2.79. The number of hydrogen-bond donors (Lipinski definition) is 1. The Bertz CT molecular complexity index is 1350. The summed E-state index contributed by atoms with van der Waals surface area (Å²) in [5, 5.41) is 3.58. The summed E-state index contributed by atoms with van der Waals surface area (Å²) in [6.45, 7) is 3.73. The van der Waals surface area contributed by atoms with E-state index in [0.29, 0.717) is 39.8 Å². The predicted molar refractivity (Wildman–Crippen MR) is 120 cm³/mol. The molecule has 4 aromatic rings. The number of methoxy groups -OCH3 is 1. The van der Waals surface area contributed by atoms with Crippen LogP contribution in [0.4, 0.5) is 11.5 Å². The quantitative estimate of drug-likeness (QED) is 0.446. The molecule has 0 aliphatic rings. The number of rotatable bonds is 6. The number of aryl methyl sites for hydroxylation is 1. The molecule has 0 atom stereocenters. The second kappa shape index (κ2) is 8.89. The van der Waals surface area contributed by atoms with Crippen LogP contribution in [-0.4, -0.2) is 29.7 Å². The molecule has 2 aromatic heterocycles. The molecule has 0 spiro atoms. The molecule has 4 rings (SSSR count). The van der Waals surface area contributed by atoms with Gasteiger partial charge in [-0.15, -0.1) is 0 Å². The van der Waals surface area contributed by atoms with Crippen molar-refractivity contribution in [1.82, 2.24) is 9.97 Å². The minimum Gasteiger partial charge on any atom is -0.497 e. The molecule has 0 fully saturated rings. The van der Waals surface area contributed by atoms with Crippen molar-refractivity contribution < 1.29 is 18.7 Å². The number of nitrogens with one attached hydrogen (secondary N) is 1. The predicted octanol–water partition coefficient (Wildman–Crippen LogP) is 4.49. The summed E-state index contributed by atoms with van der Waals surface area (Å²) in [6, 6.07) is 13.8. The molecule has 0 amide bonds. The van der Waals surface area contributed by atoms with Crippen LogP contribution in [0.3, 0.4) is 0 Å². The first-order valence-electron chi connectivity index (χ1n) is 9.98. The van der Waals surface area contributed by atoms with E-state index in [9.17, 15) is 9.59 Å². The van der Waals surface area contributed by atoms with Crippen molar-refractivity contribution in [1.29, 1.82) is 0 Å². The van der Waals surface area contributed by atoms with E-state index in [4.69, 9.17) is 13.9 Å². The number of aromatic nitrogens is 2. The number of hydrogen-bond acceptors (Lipinski definition) is 8. The van der Waals surface area contributed by atoms with Gasteiger partial charge in [0.1, 0.15) is 34.3 Å². The van der Waals surface area contributed by atoms with Crippen molar-refractivity contribution in [2.75, 3.05) is 19.0 Å². The van der Waals surface area contributed by atoms with Crippen LogP contribution in [0.2, 0.25) is 0 Å². The topological polar surface area (TPSA) is 104 Å². The van der Waals surface area contributed by atoms with Gasteiger partial charge in [-0.05, 0) is 56.3 Å². The van der Waals surface area contributed by atoms with Crippen molar-refractivity contribution in [3.8, 4) is 17.1 Å². The Morgan fingerprint density at radius 2 is 1.91 bits per heavy atom. The van der Waals surface area contributed by atoms with Crippen molar-refractivity contribution in [3.63, 3.8) is 0 Å². The smallest absolute Gasteiger partial charge is 0.343 e. The lowest BCUT2D eigenvalue weighted by Gasteiger charge is -2.11. The van der Waals surface area contributed by atoms with Gasteiger partial charge in [-0.2, -0.15) is 0 Å². The molecule has 0 saturated carbocycles. The van der Waals surface area contributed by atoms with Crippen LogP contribution in [0, 0.1) is 6.92 Å². The van der Waals surface area contributed by atoms with Crippen molar-refractivity contribution in [2.45, 2.75) is 13.8 Å². The maximum absolute atomic E-state index is 12.5. The Balaban J connectivity index is 1.63. The lowest BCUT2D eigenvalue weighted by atomic mass is 10.1. The zero-order valence-corrected chi connectivity index (χ0v) is 17.8. The molecular formula is C24H21N3O5. The van der Waals surface area contributed by atoms with Crippen LogP contribution < -0.4 is 15.5 Å².